The van der Waals surface area contributed by atoms with Crippen LogP contribution in [-0.4, -0.2) is 49.0 Å². The van der Waals surface area contributed by atoms with E-state index < -0.39 is 10.0 Å². The van der Waals surface area contributed by atoms with E-state index in [-0.39, 0.29) is 0 Å². The van der Waals surface area contributed by atoms with Gasteiger partial charge in [0, 0.05) is 42.8 Å². The van der Waals surface area contributed by atoms with E-state index in [9.17, 15) is 8.42 Å². The van der Waals surface area contributed by atoms with E-state index in [1.807, 2.05) is 19.9 Å². The van der Waals surface area contributed by atoms with Gasteiger partial charge in [-0.15, -0.1) is 0 Å². The molecule has 0 bridgehead atoms. The molecule has 1 fully saturated rings. The van der Waals surface area contributed by atoms with Crippen LogP contribution in [0.25, 0.3) is 0 Å². The highest BCUT2D eigenvalue weighted by Crippen LogP contribution is 2.22. The maximum atomic E-state index is 12.7. The first kappa shape index (κ1) is 17.6. The third-order valence-corrected chi connectivity index (χ3v) is 6.72. The fourth-order valence-electron chi connectivity index (χ4n) is 2.86. The normalized spacial score (nSPS) is 17.3. The molecule has 1 saturated heterocycles. The number of nitrogens with zero attached hydrogens (tertiary/aromatic N) is 3. The van der Waals surface area contributed by atoms with Gasteiger partial charge in [-0.25, -0.2) is 8.42 Å². The molecular weight excluding hydrogens is 394 g/mol. The van der Waals surface area contributed by atoms with Gasteiger partial charge in [-0.2, -0.15) is 4.31 Å². The lowest BCUT2D eigenvalue weighted by Crippen LogP contribution is -2.48. The molecule has 2 heterocycles. The zero-order valence-electron chi connectivity index (χ0n) is 13.7. The molecule has 0 spiro atoms. The Balaban J connectivity index is 1.66. The number of rotatable bonds is 4. The fourth-order valence-corrected chi connectivity index (χ4v) is 4.88. The zero-order chi connectivity index (χ0) is 17.3. The Morgan fingerprint density at radius 3 is 2.50 bits per heavy atom. The summed E-state index contributed by atoms with van der Waals surface area (Å²) in [4.78, 5) is 2.57. The third-order valence-electron chi connectivity index (χ3n) is 4.33. The van der Waals surface area contributed by atoms with Crippen molar-refractivity contribution < 1.29 is 12.9 Å². The molecule has 1 aromatic carbocycles. The van der Waals surface area contributed by atoms with Crippen LogP contribution in [0.2, 0.25) is 0 Å². The lowest BCUT2D eigenvalue weighted by molar-refractivity contribution is 0.180. The van der Waals surface area contributed by atoms with E-state index in [1.54, 1.807) is 22.5 Å². The van der Waals surface area contributed by atoms with Crippen molar-refractivity contribution in [2.45, 2.75) is 25.3 Å². The highest BCUT2D eigenvalue weighted by Gasteiger charge is 2.29. The lowest BCUT2D eigenvalue weighted by Gasteiger charge is -2.33. The second-order valence-corrected chi connectivity index (χ2v) is 8.79. The Morgan fingerprint density at radius 1 is 1.21 bits per heavy atom. The molecule has 0 N–H and O–H groups in total. The average Bonchev–Trinajstić information content (AvgIpc) is 2.87. The van der Waals surface area contributed by atoms with Gasteiger partial charge in [0.05, 0.1) is 10.6 Å². The number of hydrogen-bond acceptors (Lipinski definition) is 5. The van der Waals surface area contributed by atoms with Crippen LogP contribution in [0.15, 0.2) is 38.2 Å². The fraction of sp³-hybridized carbons (Fsp3) is 0.438. The second kappa shape index (κ2) is 6.95. The monoisotopic (exact) mass is 413 g/mol. The average molecular weight is 414 g/mol. The summed E-state index contributed by atoms with van der Waals surface area (Å²) >= 11 is 3.33. The molecule has 1 aliphatic rings. The van der Waals surface area contributed by atoms with Gasteiger partial charge in [0.25, 0.3) is 0 Å². The maximum absolute atomic E-state index is 12.7. The van der Waals surface area contributed by atoms with E-state index in [2.05, 4.69) is 26.0 Å². The van der Waals surface area contributed by atoms with Crippen molar-refractivity contribution in [1.29, 1.82) is 0 Å². The van der Waals surface area contributed by atoms with E-state index in [0.29, 0.717) is 31.1 Å². The molecule has 1 aromatic heterocycles. The Kier molecular flexibility index (Phi) is 5.10. The maximum Gasteiger partial charge on any atom is 0.243 e. The second-order valence-electron chi connectivity index (χ2n) is 5.94. The van der Waals surface area contributed by atoms with Gasteiger partial charge >= 0.3 is 0 Å². The van der Waals surface area contributed by atoms with Crippen molar-refractivity contribution in [2.24, 2.45) is 0 Å². The predicted octanol–water partition coefficient (Wildman–Crippen LogP) is 2.56. The first-order valence-corrected chi connectivity index (χ1v) is 10.0. The van der Waals surface area contributed by atoms with Crippen molar-refractivity contribution in [1.82, 2.24) is 14.4 Å². The largest absolute Gasteiger partial charge is 0.361 e. The first-order chi connectivity index (χ1) is 11.4. The molecule has 0 aliphatic carbocycles. The van der Waals surface area contributed by atoms with Crippen LogP contribution in [0.1, 0.15) is 17.0 Å². The Bertz CT molecular complexity index is 807. The van der Waals surface area contributed by atoms with Crippen LogP contribution >= 0.6 is 15.9 Å². The summed E-state index contributed by atoms with van der Waals surface area (Å²) in [5.74, 6) is 0.830. The van der Waals surface area contributed by atoms with Crippen molar-refractivity contribution in [3.8, 4) is 0 Å². The quantitative estimate of drug-likeness (QED) is 0.770. The predicted molar refractivity (Wildman–Crippen MR) is 94.2 cm³/mol. The number of benzene rings is 1. The van der Waals surface area contributed by atoms with Gasteiger partial charge in [0.1, 0.15) is 5.76 Å². The molecule has 0 radical (unpaired) electrons. The number of aromatic nitrogens is 1. The van der Waals surface area contributed by atoms with Crippen molar-refractivity contribution in [2.75, 3.05) is 26.2 Å². The van der Waals surface area contributed by atoms with Gasteiger partial charge in [-0.1, -0.05) is 27.2 Å². The molecule has 8 heteroatoms. The minimum atomic E-state index is -3.44. The van der Waals surface area contributed by atoms with E-state index >= 15 is 0 Å². The van der Waals surface area contributed by atoms with Crippen molar-refractivity contribution >= 4 is 26.0 Å². The van der Waals surface area contributed by atoms with Gasteiger partial charge in [-0.3, -0.25) is 4.90 Å². The van der Waals surface area contributed by atoms with Crippen LogP contribution in [0.3, 0.4) is 0 Å². The van der Waals surface area contributed by atoms with Crippen LogP contribution in [0, 0.1) is 13.8 Å². The lowest BCUT2D eigenvalue weighted by atomic mass is 10.2. The van der Waals surface area contributed by atoms with Crippen molar-refractivity contribution in [3.05, 3.63) is 45.8 Å². The van der Waals surface area contributed by atoms with E-state index in [1.165, 1.54) is 0 Å². The number of halogens is 1. The Labute approximate surface area is 150 Å². The molecule has 2 aromatic rings. The topological polar surface area (TPSA) is 66.7 Å². The van der Waals surface area contributed by atoms with Gasteiger partial charge in [-0.05, 0) is 32.0 Å². The molecule has 130 valence electrons. The van der Waals surface area contributed by atoms with Crippen LogP contribution in [0.4, 0.5) is 0 Å². The Hall–Kier alpha value is -1.22. The highest BCUT2D eigenvalue weighted by molar-refractivity contribution is 9.10. The molecule has 0 amide bonds. The molecular formula is C16H20BrN3O3S. The van der Waals surface area contributed by atoms with Crippen LogP contribution in [-0.2, 0) is 16.6 Å². The summed E-state index contributed by atoms with van der Waals surface area (Å²) in [6.45, 7) is 6.93. The van der Waals surface area contributed by atoms with Crippen LogP contribution < -0.4 is 0 Å². The smallest absolute Gasteiger partial charge is 0.243 e. The summed E-state index contributed by atoms with van der Waals surface area (Å²) in [5.41, 5.74) is 2.00. The molecule has 24 heavy (non-hydrogen) atoms. The van der Waals surface area contributed by atoms with E-state index in [0.717, 1.165) is 28.0 Å². The summed E-state index contributed by atoms with van der Waals surface area (Å²) in [5, 5.41) is 3.97. The first-order valence-electron chi connectivity index (χ1n) is 7.78. The molecule has 0 saturated carbocycles. The number of piperazine rings is 1. The highest BCUT2D eigenvalue weighted by atomic mass is 79.9. The van der Waals surface area contributed by atoms with Gasteiger partial charge < -0.3 is 4.52 Å². The zero-order valence-corrected chi connectivity index (χ0v) is 16.1. The summed E-state index contributed by atoms with van der Waals surface area (Å²) in [6.07, 6.45) is 0. The molecule has 0 atom stereocenters. The molecule has 1 aliphatic heterocycles. The SMILES string of the molecule is Cc1noc(C)c1CN1CCN(S(=O)(=O)c2cccc(Br)c2)CC1. The molecule has 3 rings (SSSR count). The number of hydrogen-bond donors (Lipinski definition) is 0. The van der Waals surface area contributed by atoms with Crippen molar-refractivity contribution in [3.63, 3.8) is 0 Å². The summed E-state index contributed by atoms with van der Waals surface area (Å²) < 4.78 is 33.0. The molecule has 0 unspecified atom stereocenters. The van der Waals surface area contributed by atoms with Gasteiger partial charge in [0.15, 0.2) is 0 Å². The molecule has 6 nitrogen and oxygen atoms in total. The number of aryl methyl sites for hydroxylation is 2. The minimum absolute atomic E-state index is 0.330. The number of sulfonamides is 1. The standard InChI is InChI=1S/C16H20BrN3O3S/c1-12-16(13(2)23-18-12)11-19-6-8-20(9-7-19)24(21,22)15-5-3-4-14(17)10-15/h3-5,10H,6-9,11H2,1-2H3. The summed E-state index contributed by atoms with van der Waals surface area (Å²) in [7, 11) is -3.44. The third kappa shape index (κ3) is 3.56. The minimum Gasteiger partial charge on any atom is -0.361 e. The van der Waals surface area contributed by atoms with Crippen LogP contribution in [0.5, 0.6) is 0 Å². The summed E-state index contributed by atoms with van der Waals surface area (Å²) in [6, 6.07) is 6.84. The Morgan fingerprint density at radius 2 is 1.92 bits per heavy atom. The van der Waals surface area contributed by atoms with Gasteiger partial charge in [0.2, 0.25) is 10.0 Å². The van der Waals surface area contributed by atoms with E-state index in [4.69, 9.17) is 4.52 Å².